The molecule has 1 heterocycles. The molecule has 0 spiro atoms. The number of carbonyl (C=O) groups is 3. The first-order valence-corrected chi connectivity index (χ1v) is 11.1. The topological polar surface area (TPSA) is 144 Å². The number of amides is 3. The van der Waals surface area contributed by atoms with Crippen LogP contribution in [0.4, 0.5) is 11.4 Å². The Morgan fingerprint density at radius 1 is 1.00 bits per heavy atom. The lowest BCUT2D eigenvalue weighted by atomic mass is 9.85. The van der Waals surface area contributed by atoms with Crippen LogP contribution in [-0.4, -0.2) is 37.6 Å². The Labute approximate surface area is 202 Å². The quantitative estimate of drug-likeness (QED) is 0.257. The number of benzene rings is 2. The Kier molecular flexibility index (Phi) is 5.36. The molecule has 3 aliphatic rings. The third-order valence-corrected chi connectivity index (χ3v) is 7.03. The third-order valence-electron chi connectivity index (χ3n) is 6.79. The molecule has 1 saturated carbocycles. The minimum absolute atomic E-state index is 0.0388. The van der Waals surface area contributed by atoms with E-state index in [9.17, 15) is 34.6 Å². The van der Waals surface area contributed by atoms with Gasteiger partial charge in [-0.05, 0) is 36.5 Å². The second-order valence-electron chi connectivity index (χ2n) is 8.69. The third kappa shape index (κ3) is 3.64. The zero-order valence-corrected chi connectivity index (χ0v) is 18.7. The van der Waals surface area contributed by atoms with E-state index < -0.39 is 51.6 Å². The van der Waals surface area contributed by atoms with E-state index in [0.717, 1.165) is 22.2 Å². The number of halogens is 1. The van der Waals surface area contributed by atoms with Crippen molar-refractivity contribution < 1.29 is 24.2 Å². The van der Waals surface area contributed by atoms with Gasteiger partial charge in [-0.3, -0.25) is 34.6 Å². The van der Waals surface area contributed by atoms with E-state index in [-0.39, 0.29) is 33.7 Å². The van der Waals surface area contributed by atoms with Crippen LogP contribution in [0.1, 0.15) is 22.3 Å². The molecule has 0 aromatic heterocycles. The van der Waals surface area contributed by atoms with Gasteiger partial charge in [-0.25, -0.2) is 5.01 Å². The molecule has 3 amide bonds. The summed E-state index contributed by atoms with van der Waals surface area (Å²) >= 11 is 5.91. The van der Waals surface area contributed by atoms with E-state index in [1.54, 1.807) is 0 Å². The highest BCUT2D eigenvalue weighted by molar-refractivity contribution is 6.30. The van der Waals surface area contributed by atoms with Crippen LogP contribution in [0.2, 0.25) is 5.02 Å². The molecule has 178 valence electrons. The van der Waals surface area contributed by atoms with E-state index in [2.05, 4.69) is 0 Å². The van der Waals surface area contributed by atoms with Gasteiger partial charge in [-0.1, -0.05) is 29.8 Å². The van der Waals surface area contributed by atoms with E-state index in [1.807, 2.05) is 12.2 Å². The van der Waals surface area contributed by atoms with Crippen LogP contribution in [0.5, 0.6) is 0 Å². The van der Waals surface area contributed by atoms with Gasteiger partial charge in [-0.2, -0.15) is 5.01 Å². The fourth-order valence-electron chi connectivity index (χ4n) is 5.26. The Hall–Kier alpha value is -4.12. The molecule has 2 aliphatic carbocycles. The molecule has 11 nitrogen and oxygen atoms in total. The fraction of sp³-hybridized carbons (Fsp3) is 0.261. The lowest BCUT2D eigenvalue weighted by molar-refractivity contribution is -0.385. The minimum Gasteiger partial charge on any atom is -0.272 e. The first kappa shape index (κ1) is 22.7. The summed E-state index contributed by atoms with van der Waals surface area (Å²) in [5, 5.41) is 24.6. The van der Waals surface area contributed by atoms with Crippen molar-refractivity contribution in [3.05, 3.63) is 91.0 Å². The molecule has 4 atom stereocenters. The molecule has 2 aromatic rings. The zero-order chi connectivity index (χ0) is 25.0. The standard InChI is InChI=1S/C23H17ClN4O7/c24-16-7-6-15(18(10-16)28(34)35)11-25(21(29)14-2-1-3-17(9-14)27(32)33)26-22(30)19-12-4-5-13(8-12)20(19)23(26)31/h1-7,9-10,12-13,19-20H,8,11H2/t12-,13-,19-,20-/m0/s1. The highest BCUT2D eigenvalue weighted by Gasteiger charge is 2.61. The number of fused-ring (bicyclic) bond motifs is 5. The number of non-ortho nitro benzene ring substituents is 1. The normalized spacial score (nSPS) is 24.1. The van der Waals surface area contributed by atoms with Crippen molar-refractivity contribution >= 4 is 40.7 Å². The van der Waals surface area contributed by atoms with Crippen molar-refractivity contribution in [2.24, 2.45) is 23.7 Å². The Balaban J connectivity index is 1.58. The second kappa shape index (κ2) is 8.27. The van der Waals surface area contributed by atoms with Crippen LogP contribution in [-0.2, 0) is 16.1 Å². The SMILES string of the molecule is O=C(c1cccc([N+](=O)[O-])c1)N(Cc1ccc(Cl)cc1[N+](=O)[O-])N1C(=O)[C@@H]2[C@@H](C1=O)[C@H]1C=C[C@H]2C1. The molecule has 2 aromatic carbocycles. The number of nitro benzene ring substituents is 2. The predicted octanol–water partition coefficient (Wildman–Crippen LogP) is 3.52. The number of carbonyl (C=O) groups excluding carboxylic acids is 3. The van der Waals surface area contributed by atoms with E-state index >= 15 is 0 Å². The molecule has 2 fully saturated rings. The van der Waals surface area contributed by atoms with Gasteiger partial charge in [0.1, 0.15) is 0 Å². The molecule has 0 unspecified atom stereocenters. The van der Waals surface area contributed by atoms with Gasteiger partial charge in [0.15, 0.2) is 0 Å². The van der Waals surface area contributed by atoms with E-state index in [0.29, 0.717) is 6.42 Å². The number of hydrazine groups is 1. The molecule has 0 radical (unpaired) electrons. The molecule has 5 rings (SSSR count). The Morgan fingerprint density at radius 2 is 1.66 bits per heavy atom. The van der Waals surface area contributed by atoms with Crippen LogP contribution >= 0.6 is 11.6 Å². The van der Waals surface area contributed by atoms with Gasteiger partial charge in [0.2, 0.25) is 0 Å². The number of rotatable bonds is 6. The maximum atomic E-state index is 13.6. The predicted molar refractivity (Wildman–Crippen MR) is 121 cm³/mol. The van der Waals surface area contributed by atoms with Crippen LogP contribution in [0.3, 0.4) is 0 Å². The Morgan fingerprint density at radius 3 is 2.26 bits per heavy atom. The van der Waals surface area contributed by atoms with Crippen LogP contribution in [0.15, 0.2) is 54.6 Å². The molecular formula is C23H17ClN4O7. The summed E-state index contributed by atoms with van der Waals surface area (Å²) in [6.07, 6.45) is 4.48. The molecular weight excluding hydrogens is 480 g/mol. The average Bonchev–Trinajstić information content (AvgIpc) is 3.52. The van der Waals surface area contributed by atoms with Gasteiger partial charge >= 0.3 is 0 Å². The van der Waals surface area contributed by atoms with Gasteiger partial charge < -0.3 is 0 Å². The zero-order valence-electron chi connectivity index (χ0n) is 17.9. The number of allylic oxidation sites excluding steroid dienone is 2. The number of hydrogen-bond donors (Lipinski definition) is 0. The van der Waals surface area contributed by atoms with E-state index in [4.69, 9.17) is 11.6 Å². The van der Waals surface area contributed by atoms with Gasteiger partial charge in [0.25, 0.3) is 29.1 Å². The fourth-order valence-corrected chi connectivity index (χ4v) is 5.43. The lowest BCUT2D eigenvalue weighted by Crippen LogP contribution is -2.50. The van der Waals surface area contributed by atoms with Crippen LogP contribution in [0, 0.1) is 43.9 Å². The molecule has 35 heavy (non-hydrogen) atoms. The average molecular weight is 497 g/mol. The highest BCUT2D eigenvalue weighted by atomic mass is 35.5. The summed E-state index contributed by atoms with van der Waals surface area (Å²) in [4.78, 5) is 61.9. The largest absolute Gasteiger partial charge is 0.275 e. The molecule has 1 saturated heterocycles. The molecule has 2 bridgehead atoms. The number of nitro groups is 2. The van der Waals surface area contributed by atoms with Crippen molar-refractivity contribution in [3.8, 4) is 0 Å². The van der Waals surface area contributed by atoms with Gasteiger partial charge in [0.05, 0.1) is 33.8 Å². The summed E-state index contributed by atoms with van der Waals surface area (Å²) in [5.41, 5.74) is -0.853. The highest BCUT2D eigenvalue weighted by Crippen LogP contribution is 2.53. The smallest absolute Gasteiger partial charge is 0.272 e. The van der Waals surface area contributed by atoms with Crippen LogP contribution < -0.4 is 0 Å². The monoisotopic (exact) mass is 496 g/mol. The number of hydrogen-bond acceptors (Lipinski definition) is 7. The van der Waals surface area contributed by atoms with E-state index in [1.165, 1.54) is 30.3 Å². The first-order valence-electron chi connectivity index (χ1n) is 10.7. The number of nitrogens with zero attached hydrogens (tertiary/aromatic N) is 4. The van der Waals surface area contributed by atoms with Gasteiger partial charge in [0, 0.05) is 28.8 Å². The van der Waals surface area contributed by atoms with Crippen LogP contribution in [0.25, 0.3) is 0 Å². The van der Waals surface area contributed by atoms with Crippen molar-refractivity contribution in [3.63, 3.8) is 0 Å². The first-order chi connectivity index (χ1) is 16.7. The van der Waals surface area contributed by atoms with Crippen molar-refractivity contribution in [1.29, 1.82) is 0 Å². The summed E-state index contributed by atoms with van der Waals surface area (Å²) in [7, 11) is 0. The maximum absolute atomic E-state index is 13.6. The maximum Gasteiger partial charge on any atom is 0.275 e. The molecule has 1 aliphatic heterocycles. The minimum atomic E-state index is -0.875. The summed E-state index contributed by atoms with van der Waals surface area (Å²) < 4.78 is 0. The summed E-state index contributed by atoms with van der Waals surface area (Å²) in [6, 6.07) is 8.70. The number of imide groups is 1. The van der Waals surface area contributed by atoms with Crippen molar-refractivity contribution in [2.75, 3.05) is 0 Å². The van der Waals surface area contributed by atoms with Crippen molar-refractivity contribution in [1.82, 2.24) is 10.0 Å². The van der Waals surface area contributed by atoms with Gasteiger partial charge in [-0.15, -0.1) is 0 Å². The second-order valence-corrected chi connectivity index (χ2v) is 9.12. The lowest BCUT2D eigenvalue weighted by Gasteiger charge is -2.31. The molecule has 12 heteroatoms. The summed E-state index contributed by atoms with van der Waals surface area (Å²) in [5.74, 6) is -3.46. The molecule has 0 N–H and O–H groups in total. The summed E-state index contributed by atoms with van der Waals surface area (Å²) in [6.45, 7) is -0.491. The Bertz CT molecular complexity index is 1310. The van der Waals surface area contributed by atoms with Crippen molar-refractivity contribution in [2.45, 2.75) is 13.0 Å².